The molecule has 3 N–H and O–H groups in total. The second-order valence-electron chi connectivity index (χ2n) is 3.66. The third-order valence-electron chi connectivity index (χ3n) is 2.34. The van der Waals surface area contributed by atoms with Gasteiger partial charge in [-0.25, -0.2) is 0 Å². The van der Waals surface area contributed by atoms with Crippen molar-refractivity contribution in [2.45, 2.75) is 38.1 Å². The molecule has 1 rings (SSSR count). The van der Waals surface area contributed by atoms with Crippen LogP contribution in [0.4, 0.5) is 0 Å². The number of unbranched alkanes of at least 4 members (excludes halogenated alkanes) is 1. The molecular weight excluding hydrogens is 186 g/mol. The zero-order valence-corrected chi connectivity index (χ0v) is 8.46. The van der Waals surface area contributed by atoms with Crippen LogP contribution in [0.1, 0.15) is 19.8 Å². The maximum absolute atomic E-state index is 9.34. The van der Waals surface area contributed by atoms with Crippen molar-refractivity contribution in [1.29, 1.82) is 0 Å². The molecule has 0 saturated carbocycles. The summed E-state index contributed by atoms with van der Waals surface area (Å²) in [5.41, 5.74) is 0. The van der Waals surface area contributed by atoms with Crippen LogP contribution in [-0.4, -0.2) is 58.4 Å². The normalized spacial score (nSPS) is 34.7. The van der Waals surface area contributed by atoms with Gasteiger partial charge in [-0.15, -0.1) is 0 Å². The fraction of sp³-hybridized carbons (Fsp3) is 1.00. The van der Waals surface area contributed by atoms with Crippen LogP contribution in [0.25, 0.3) is 0 Å². The first kappa shape index (κ1) is 11.9. The van der Waals surface area contributed by atoms with Crippen LogP contribution < -0.4 is 0 Å². The molecule has 84 valence electrons. The molecule has 1 aliphatic heterocycles. The molecule has 0 aromatic rings. The second-order valence-corrected chi connectivity index (χ2v) is 3.66. The number of hydroxylamine groups is 2. The highest BCUT2D eigenvalue weighted by Gasteiger charge is 2.33. The van der Waals surface area contributed by atoms with Crippen molar-refractivity contribution < 1.29 is 20.2 Å². The van der Waals surface area contributed by atoms with Gasteiger partial charge >= 0.3 is 0 Å². The maximum Gasteiger partial charge on any atom is 0.108 e. The van der Waals surface area contributed by atoms with Gasteiger partial charge in [0.25, 0.3) is 0 Å². The van der Waals surface area contributed by atoms with E-state index in [0.717, 1.165) is 12.8 Å². The van der Waals surface area contributed by atoms with Gasteiger partial charge in [-0.2, -0.15) is 5.06 Å². The van der Waals surface area contributed by atoms with Gasteiger partial charge in [0, 0.05) is 0 Å². The van der Waals surface area contributed by atoms with Gasteiger partial charge < -0.3 is 15.3 Å². The van der Waals surface area contributed by atoms with Crippen LogP contribution in [0.2, 0.25) is 0 Å². The number of β-amino-alcohol motifs (C(OH)–C–C–N with tert-alkyl or cyclic N) is 2. The standard InChI is InChI=1S/C9H19NO4/c1-2-3-4-14-10-5-7(11)9(13)8(12)6-10/h7-9,11-13H,2-6H2,1H3/t7-,8+,9?. The first-order valence-corrected chi connectivity index (χ1v) is 5.07. The Kier molecular flexibility index (Phi) is 4.77. The minimum Gasteiger partial charge on any atom is -0.389 e. The van der Waals surface area contributed by atoms with Gasteiger partial charge in [0.05, 0.1) is 31.9 Å². The van der Waals surface area contributed by atoms with Gasteiger partial charge in [-0.05, 0) is 6.42 Å². The third-order valence-corrected chi connectivity index (χ3v) is 2.34. The molecule has 1 heterocycles. The van der Waals surface area contributed by atoms with Crippen molar-refractivity contribution >= 4 is 0 Å². The van der Waals surface area contributed by atoms with Crippen molar-refractivity contribution in [1.82, 2.24) is 5.06 Å². The van der Waals surface area contributed by atoms with Crippen molar-refractivity contribution in [2.24, 2.45) is 0 Å². The summed E-state index contributed by atoms with van der Waals surface area (Å²) in [6.45, 7) is 3.16. The van der Waals surface area contributed by atoms with Gasteiger partial charge in [-0.3, -0.25) is 4.84 Å². The highest BCUT2D eigenvalue weighted by atomic mass is 16.7. The van der Waals surface area contributed by atoms with Crippen LogP contribution in [0.15, 0.2) is 0 Å². The molecule has 1 aliphatic rings. The summed E-state index contributed by atoms with van der Waals surface area (Å²) in [7, 11) is 0. The first-order valence-electron chi connectivity index (χ1n) is 5.07. The fourth-order valence-electron chi connectivity index (χ4n) is 1.41. The van der Waals surface area contributed by atoms with E-state index in [1.165, 1.54) is 5.06 Å². The molecule has 0 radical (unpaired) electrons. The summed E-state index contributed by atoms with van der Waals surface area (Å²) in [6.07, 6.45) is -0.922. The summed E-state index contributed by atoms with van der Waals surface area (Å²) >= 11 is 0. The molecule has 3 atom stereocenters. The van der Waals surface area contributed by atoms with Gasteiger partial charge in [0.1, 0.15) is 6.10 Å². The molecule has 0 amide bonds. The molecule has 0 aromatic carbocycles. The summed E-state index contributed by atoms with van der Waals surface area (Å²) in [5, 5.41) is 29.5. The Labute approximate surface area is 83.9 Å². The van der Waals surface area contributed by atoms with Crippen LogP contribution >= 0.6 is 0 Å². The lowest BCUT2D eigenvalue weighted by Crippen LogP contribution is -2.55. The van der Waals surface area contributed by atoms with E-state index in [-0.39, 0.29) is 13.1 Å². The van der Waals surface area contributed by atoms with Gasteiger partial charge in [0.15, 0.2) is 0 Å². The summed E-state index contributed by atoms with van der Waals surface area (Å²) < 4.78 is 0. The molecule has 1 saturated heterocycles. The Morgan fingerprint density at radius 3 is 2.29 bits per heavy atom. The number of aliphatic hydroxyl groups is 3. The minimum absolute atomic E-state index is 0.252. The van der Waals surface area contributed by atoms with E-state index in [1.807, 2.05) is 0 Å². The lowest BCUT2D eigenvalue weighted by atomic mass is 10.0. The Morgan fingerprint density at radius 2 is 1.79 bits per heavy atom. The lowest BCUT2D eigenvalue weighted by molar-refractivity contribution is -0.232. The molecule has 0 bridgehead atoms. The van der Waals surface area contributed by atoms with Crippen molar-refractivity contribution in [3.63, 3.8) is 0 Å². The number of aliphatic hydroxyl groups excluding tert-OH is 3. The average molecular weight is 205 g/mol. The predicted molar refractivity (Wildman–Crippen MR) is 50.5 cm³/mol. The Balaban J connectivity index is 2.27. The predicted octanol–water partition coefficient (Wildman–Crippen LogP) is -0.884. The molecular formula is C9H19NO4. The summed E-state index contributed by atoms with van der Waals surface area (Å²) in [6, 6.07) is 0. The molecule has 1 fully saturated rings. The largest absolute Gasteiger partial charge is 0.389 e. The third kappa shape index (κ3) is 3.18. The minimum atomic E-state index is -1.05. The Bertz CT molecular complexity index is 155. The topological polar surface area (TPSA) is 73.2 Å². The van der Waals surface area contributed by atoms with Crippen LogP contribution in [0, 0.1) is 0 Å². The molecule has 0 spiro atoms. The first-order chi connectivity index (χ1) is 6.65. The van der Waals surface area contributed by atoms with E-state index in [9.17, 15) is 15.3 Å². The summed E-state index contributed by atoms with van der Waals surface area (Å²) in [4.78, 5) is 5.31. The van der Waals surface area contributed by atoms with E-state index in [2.05, 4.69) is 6.92 Å². The number of hydrogen-bond donors (Lipinski definition) is 3. The molecule has 14 heavy (non-hydrogen) atoms. The Morgan fingerprint density at radius 1 is 1.21 bits per heavy atom. The van der Waals surface area contributed by atoms with Crippen LogP contribution in [0.5, 0.6) is 0 Å². The molecule has 0 aromatic heterocycles. The Hall–Kier alpha value is -0.200. The molecule has 1 unspecified atom stereocenters. The SMILES string of the molecule is CCCCON1C[C@@H](O)C(O)[C@@H](O)C1. The number of piperidine rings is 1. The number of hydrogen-bond acceptors (Lipinski definition) is 5. The highest BCUT2D eigenvalue weighted by molar-refractivity contribution is 4.83. The molecule has 5 nitrogen and oxygen atoms in total. The lowest BCUT2D eigenvalue weighted by Gasteiger charge is -2.35. The van der Waals surface area contributed by atoms with Crippen molar-refractivity contribution in [2.75, 3.05) is 19.7 Å². The average Bonchev–Trinajstić information content (AvgIpc) is 2.14. The van der Waals surface area contributed by atoms with Gasteiger partial charge in [-0.1, -0.05) is 13.3 Å². The van der Waals surface area contributed by atoms with E-state index < -0.39 is 18.3 Å². The van der Waals surface area contributed by atoms with Crippen LogP contribution in [0.3, 0.4) is 0 Å². The summed E-state index contributed by atoms with van der Waals surface area (Å²) in [5.74, 6) is 0. The van der Waals surface area contributed by atoms with Crippen molar-refractivity contribution in [3.05, 3.63) is 0 Å². The zero-order valence-electron chi connectivity index (χ0n) is 8.46. The van der Waals surface area contributed by atoms with Gasteiger partial charge in [0.2, 0.25) is 0 Å². The quantitative estimate of drug-likeness (QED) is 0.520. The van der Waals surface area contributed by atoms with Crippen molar-refractivity contribution in [3.8, 4) is 0 Å². The van der Waals surface area contributed by atoms with Crippen LogP contribution in [-0.2, 0) is 4.84 Å². The number of nitrogens with zero attached hydrogens (tertiary/aromatic N) is 1. The highest BCUT2D eigenvalue weighted by Crippen LogP contribution is 2.12. The maximum atomic E-state index is 9.34. The zero-order chi connectivity index (χ0) is 10.6. The monoisotopic (exact) mass is 205 g/mol. The van der Waals surface area contributed by atoms with E-state index in [1.54, 1.807) is 0 Å². The van der Waals surface area contributed by atoms with E-state index >= 15 is 0 Å². The van der Waals surface area contributed by atoms with E-state index in [0.29, 0.717) is 6.61 Å². The smallest absolute Gasteiger partial charge is 0.108 e. The number of rotatable bonds is 4. The van der Waals surface area contributed by atoms with E-state index in [4.69, 9.17) is 4.84 Å². The second kappa shape index (κ2) is 5.63. The fourth-order valence-corrected chi connectivity index (χ4v) is 1.41. The molecule has 0 aliphatic carbocycles. The molecule has 5 heteroatoms.